The van der Waals surface area contributed by atoms with Crippen molar-refractivity contribution in [2.45, 2.75) is 6.54 Å². The quantitative estimate of drug-likeness (QED) is 0.818. The number of hydrogen-bond donors (Lipinski definition) is 0. The van der Waals surface area contributed by atoms with Gasteiger partial charge in [-0.05, 0) is 24.3 Å². The minimum absolute atomic E-state index is 0.183. The highest BCUT2D eigenvalue weighted by Crippen LogP contribution is 2.16. The van der Waals surface area contributed by atoms with E-state index in [1.165, 1.54) is 12.1 Å². The first-order valence-electron chi connectivity index (χ1n) is 5.55. The number of carbonyl (C=O) groups is 1. The lowest BCUT2D eigenvalue weighted by Gasteiger charge is -2.16. The standard InChI is InChI=1S/C13H11Cl2N3O/c1-18(8-10-4-2-3-5-16-10)13(19)9-6-11(14)17-12(15)7-9/h2-7H,8H2,1H3. The molecule has 4 nitrogen and oxygen atoms in total. The molecule has 0 spiro atoms. The third kappa shape index (κ3) is 3.66. The van der Waals surface area contributed by atoms with Gasteiger partial charge in [0.2, 0.25) is 0 Å². The topological polar surface area (TPSA) is 46.1 Å². The lowest BCUT2D eigenvalue weighted by atomic mass is 10.2. The van der Waals surface area contributed by atoms with E-state index in [0.29, 0.717) is 12.1 Å². The van der Waals surface area contributed by atoms with Crippen molar-refractivity contribution >= 4 is 29.1 Å². The van der Waals surface area contributed by atoms with E-state index < -0.39 is 0 Å². The van der Waals surface area contributed by atoms with Crippen molar-refractivity contribution < 1.29 is 4.79 Å². The van der Waals surface area contributed by atoms with E-state index in [4.69, 9.17) is 23.2 Å². The molecule has 0 fully saturated rings. The average Bonchev–Trinajstić information content (AvgIpc) is 2.37. The summed E-state index contributed by atoms with van der Waals surface area (Å²) in [4.78, 5) is 21.7. The van der Waals surface area contributed by atoms with Crippen molar-refractivity contribution in [1.29, 1.82) is 0 Å². The summed E-state index contributed by atoms with van der Waals surface area (Å²) in [5, 5.41) is 0.393. The monoisotopic (exact) mass is 295 g/mol. The molecule has 2 heterocycles. The van der Waals surface area contributed by atoms with Gasteiger partial charge >= 0.3 is 0 Å². The van der Waals surface area contributed by atoms with Crippen LogP contribution < -0.4 is 0 Å². The maximum atomic E-state index is 12.2. The van der Waals surface area contributed by atoms with E-state index >= 15 is 0 Å². The van der Waals surface area contributed by atoms with Crippen LogP contribution in [0.25, 0.3) is 0 Å². The SMILES string of the molecule is CN(Cc1ccccn1)C(=O)c1cc(Cl)nc(Cl)c1. The average molecular weight is 296 g/mol. The number of halogens is 2. The van der Waals surface area contributed by atoms with Crippen LogP contribution in [0.5, 0.6) is 0 Å². The van der Waals surface area contributed by atoms with E-state index in [1.807, 2.05) is 18.2 Å². The third-order valence-corrected chi connectivity index (χ3v) is 2.87. The van der Waals surface area contributed by atoms with Gasteiger partial charge in [0.05, 0.1) is 12.2 Å². The van der Waals surface area contributed by atoms with Gasteiger partial charge in [-0.25, -0.2) is 4.98 Å². The first-order valence-corrected chi connectivity index (χ1v) is 6.30. The first kappa shape index (κ1) is 13.8. The fourth-order valence-corrected chi connectivity index (χ4v) is 2.08. The molecule has 0 aliphatic heterocycles. The normalized spacial score (nSPS) is 10.3. The Morgan fingerprint density at radius 3 is 2.53 bits per heavy atom. The predicted molar refractivity (Wildman–Crippen MR) is 74.3 cm³/mol. The minimum Gasteiger partial charge on any atom is -0.336 e. The zero-order valence-electron chi connectivity index (χ0n) is 10.2. The van der Waals surface area contributed by atoms with Gasteiger partial charge in [0, 0.05) is 18.8 Å². The highest BCUT2D eigenvalue weighted by molar-refractivity contribution is 6.33. The van der Waals surface area contributed by atoms with Crippen LogP contribution in [0, 0.1) is 0 Å². The van der Waals surface area contributed by atoms with E-state index in [1.54, 1.807) is 18.1 Å². The van der Waals surface area contributed by atoms with Gasteiger partial charge in [0.1, 0.15) is 10.3 Å². The van der Waals surface area contributed by atoms with Crippen LogP contribution in [0.2, 0.25) is 10.3 Å². The molecule has 0 aliphatic carbocycles. The Labute approximate surface area is 121 Å². The van der Waals surface area contributed by atoms with E-state index in [0.717, 1.165) is 5.69 Å². The van der Waals surface area contributed by atoms with Crippen LogP contribution in [-0.2, 0) is 6.54 Å². The molecule has 98 valence electrons. The van der Waals surface area contributed by atoms with Crippen LogP contribution in [-0.4, -0.2) is 27.8 Å². The number of amides is 1. The van der Waals surface area contributed by atoms with Crippen molar-refractivity contribution in [3.63, 3.8) is 0 Å². The Morgan fingerprint density at radius 1 is 1.26 bits per heavy atom. The van der Waals surface area contributed by atoms with Gasteiger partial charge in [-0.3, -0.25) is 9.78 Å². The highest BCUT2D eigenvalue weighted by Gasteiger charge is 2.14. The molecule has 2 aromatic heterocycles. The van der Waals surface area contributed by atoms with Gasteiger partial charge in [0.15, 0.2) is 0 Å². The maximum absolute atomic E-state index is 12.2. The summed E-state index contributed by atoms with van der Waals surface area (Å²) < 4.78 is 0. The van der Waals surface area contributed by atoms with Crippen molar-refractivity contribution in [2.75, 3.05) is 7.05 Å². The van der Waals surface area contributed by atoms with Crippen LogP contribution in [0.1, 0.15) is 16.1 Å². The zero-order valence-corrected chi connectivity index (χ0v) is 11.7. The maximum Gasteiger partial charge on any atom is 0.254 e. The Kier molecular flexibility index (Phi) is 4.35. The van der Waals surface area contributed by atoms with Gasteiger partial charge in [-0.1, -0.05) is 29.3 Å². The van der Waals surface area contributed by atoms with Crippen molar-refractivity contribution in [1.82, 2.24) is 14.9 Å². The Balaban J connectivity index is 2.15. The molecule has 0 atom stereocenters. The van der Waals surface area contributed by atoms with E-state index in [2.05, 4.69) is 9.97 Å². The molecule has 6 heteroatoms. The van der Waals surface area contributed by atoms with Gasteiger partial charge in [-0.2, -0.15) is 0 Å². The number of hydrogen-bond acceptors (Lipinski definition) is 3. The second-order valence-corrected chi connectivity index (χ2v) is 4.76. The van der Waals surface area contributed by atoms with Crippen LogP contribution in [0.15, 0.2) is 36.5 Å². The fraction of sp³-hybridized carbons (Fsp3) is 0.154. The molecule has 19 heavy (non-hydrogen) atoms. The number of aromatic nitrogens is 2. The number of pyridine rings is 2. The lowest BCUT2D eigenvalue weighted by Crippen LogP contribution is -2.26. The van der Waals surface area contributed by atoms with Crippen LogP contribution >= 0.6 is 23.2 Å². The molecule has 0 bridgehead atoms. The van der Waals surface area contributed by atoms with Crippen LogP contribution in [0.4, 0.5) is 0 Å². The summed E-state index contributed by atoms with van der Waals surface area (Å²) in [7, 11) is 1.69. The second-order valence-electron chi connectivity index (χ2n) is 3.98. The summed E-state index contributed by atoms with van der Waals surface area (Å²) in [5.41, 5.74) is 1.22. The molecule has 2 aromatic rings. The molecule has 1 amide bonds. The van der Waals surface area contributed by atoms with Crippen molar-refractivity contribution in [2.24, 2.45) is 0 Å². The summed E-state index contributed by atoms with van der Waals surface area (Å²) in [5.74, 6) is -0.183. The summed E-state index contributed by atoms with van der Waals surface area (Å²) in [6, 6.07) is 8.54. The molecular weight excluding hydrogens is 285 g/mol. The molecule has 0 aliphatic rings. The zero-order chi connectivity index (χ0) is 13.8. The largest absolute Gasteiger partial charge is 0.336 e. The minimum atomic E-state index is -0.183. The summed E-state index contributed by atoms with van der Waals surface area (Å²) in [6.45, 7) is 0.414. The van der Waals surface area contributed by atoms with Gasteiger partial charge < -0.3 is 4.90 Å². The fourth-order valence-electron chi connectivity index (χ4n) is 1.62. The Hall–Kier alpha value is -1.65. The third-order valence-electron chi connectivity index (χ3n) is 2.48. The molecule has 0 N–H and O–H groups in total. The van der Waals surface area contributed by atoms with Crippen molar-refractivity contribution in [3.05, 3.63) is 58.1 Å². The molecular formula is C13H11Cl2N3O. The van der Waals surface area contributed by atoms with Gasteiger partial charge in [0.25, 0.3) is 5.91 Å². The first-order chi connectivity index (χ1) is 9.06. The lowest BCUT2D eigenvalue weighted by molar-refractivity contribution is 0.0783. The number of carbonyl (C=O) groups excluding carboxylic acids is 1. The predicted octanol–water partition coefficient (Wildman–Crippen LogP) is 3.06. The molecule has 0 radical (unpaired) electrons. The Morgan fingerprint density at radius 2 is 1.95 bits per heavy atom. The Bertz CT molecular complexity index is 569. The summed E-state index contributed by atoms with van der Waals surface area (Å²) in [6.07, 6.45) is 1.69. The van der Waals surface area contributed by atoms with E-state index in [-0.39, 0.29) is 16.2 Å². The van der Waals surface area contributed by atoms with Gasteiger partial charge in [-0.15, -0.1) is 0 Å². The molecule has 2 rings (SSSR count). The number of rotatable bonds is 3. The molecule has 0 saturated heterocycles. The van der Waals surface area contributed by atoms with Crippen LogP contribution in [0.3, 0.4) is 0 Å². The molecule has 0 aromatic carbocycles. The molecule has 0 unspecified atom stereocenters. The highest BCUT2D eigenvalue weighted by atomic mass is 35.5. The second kappa shape index (κ2) is 5.99. The summed E-state index contributed by atoms with van der Waals surface area (Å²) >= 11 is 11.6. The molecule has 0 saturated carbocycles. The number of nitrogens with zero attached hydrogens (tertiary/aromatic N) is 3. The van der Waals surface area contributed by atoms with E-state index in [9.17, 15) is 4.79 Å². The van der Waals surface area contributed by atoms with Crippen molar-refractivity contribution in [3.8, 4) is 0 Å². The smallest absolute Gasteiger partial charge is 0.254 e.